The van der Waals surface area contributed by atoms with E-state index in [2.05, 4.69) is 163 Å². The third kappa shape index (κ3) is 4.90. The van der Waals surface area contributed by atoms with E-state index < -0.39 is 0 Å². The maximum absolute atomic E-state index is 6.39. The Kier molecular flexibility index (Phi) is 6.81. The zero-order valence-electron chi connectivity index (χ0n) is 27.7. The van der Waals surface area contributed by atoms with Crippen molar-refractivity contribution in [1.82, 2.24) is 0 Å². The zero-order chi connectivity index (χ0) is 33.7. The van der Waals surface area contributed by atoms with Crippen LogP contribution in [0.3, 0.4) is 0 Å². The highest BCUT2D eigenvalue weighted by Crippen LogP contribution is 2.46. The molecule has 2 aromatic heterocycles. The molecule has 0 bridgehead atoms. The molecule has 0 unspecified atom stereocenters. The van der Waals surface area contributed by atoms with Crippen LogP contribution >= 0.6 is 0 Å². The van der Waals surface area contributed by atoms with E-state index >= 15 is 0 Å². The van der Waals surface area contributed by atoms with Crippen molar-refractivity contribution >= 4 is 60.9 Å². The molecule has 0 amide bonds. The number of hydrogen-bond donors (Lipinski definition) is 0. The molecule has 0 saturated heterocycles. The van der Waals surface area contributed by atoms with Crippen molar-refractivity contribution in [3.8, 4) is 33.4 Å². The fourth-order valence-electron chi connectivity index (χ4n) is 7.57. The summed E-state index contributed by atoms with van der Waals surface area (Å²) in [5.74, 6) is 0. The van der Waals surface area contributed by atoms with E-state index in [0.29, 0.717) is 0 Å². The normalized spacial score (nSPS) is 11.5. The van der Waals surface area contributed by atoms with Crippen molar-refractivity contribution in [2.75, 3.05) is 4.90 Å². The molecule has 0 N–H and O–H groups in total. The molecule has 3 nitrogen and oxygen atoms in total. The summed E-state index contributed by atoms with van der Waals surface area (Å²) < 4.78 is 12.6. The monoisotopic (exact) mass is 653 g/mol. The molecule has 2 heterocycles. The van der Waals surface area contributed by atoms with Crippen molar-refractivity contribution < 1.29 is 8.83 Å². The number of anilines is 3. The zero-order valence-corrected chi connectivity index (χ0v) is 27.7. The van der Waals surface area contributed by atoms with Crippen molar-refractivity contribution in [2.24, 2.45) is 0 Å². The summed E-state index contributed by atoms with van der Waals surface area (Å²) in [6.07, 6.45) is 0. The van der Waals surface area contributed by atoms with Gasteiger partial charge in [-0.15, -0.1) is 0 Å². The van der Waals surface area contributed by atoms with Crippen LogP contribution in [-0.4, -0.2) is 0 Å². The van der Waals surface area contributed by atoms with E-state index in [1.807, 2.05) is 30.3 Å². The van der Waals surface area contributed by atoms with Crippen LogP contribution in [0.25, 0.3) is 77.3 Å². The Morgan fingerprint density at radius 3 is 1.51 bits per heavy atom. The van der Waals surface area contributed by atoms with E-state index in [1.165, 1.54) is 22.3 Å². The SMILES string of the molecule is c1ccc(-c2ccc(N(c3ccc(-c4cccc5oc6ccccc6c45)cc3)c3cccc4oc5ccccc5c34)cc2-c2ccccc2)cc1. The molecule has 0 fully saturated rings. The van der Waals surface area contributed by atoms with Crippen LogP contribution in [0.5, 0.6) is 0 Å². The van der Waals surface area contributed by atoms with Gasteiger partial charge < -0.3 is 13.7 Å². The van der Waals surface area contributed by atoms with Gasteiger partial charge in [-0.05, 0) is 88.0 Å². The van der Waals surface area contributed by atoms with Gasteiger partial charge in [0.1, 0.15) is 22.3 Å². The second-order valence-corrected chi connectivity index (χ2v) is 12.9. The highest BCUT2D eigenvalue weighted by Gasteiger charge is 2.21. The Hall–Kier alpha value is -6.84. The molecular weight excluding hydrogens is 623 g/mol. The van der Waals surface area contributed by atoms with Crippen LogP contribution in [0.4, 0.5) is 17.1 Å². The van der Waals surface area contributed by atoms with E-state index in [1.54, 1.807) is 0 Å². The van der Waals surface area contributed by atoms with E-state index in [-0.39, 0.29) is 0 Å². The molecule has 240 valence electrons. The summed E-state index contributed by atoms with van der Waals surface area (Å²) in [7, 11) is 0. The smallest absolute Gasteiger partial charge is 0.137 e. The lowest BCUT2D eigenvalue weighted by Crippen LogP contribution is -2.10. The van der Waals surface area contributed by atoms with Gasteiger partial charge in [-0.3, -0.25) is 0 Å². The molecule has 0 aliphatic rings. The number of rotatable bonds is 6. The predicted octanol–water partition coefficient (Wildman–Crippen LogP) is 14.0. The average molecular weight is 654 g/mol. The number of fused-ring (bicyclic) bond motifs is 6. The molecular formula is C48H31NO2. The molecule has 8 aromatic carbocycles. The van der Waals surface area contributed by atoms with Gasteiger partial charge in [-0.25, -0.2) is 0 Å². The first-order valence-corrected chi connectivity index (χ1v) is 17.3. The maximum atomic E-state index is 6.39. The first-order valence-electron chi connectivity index (χ1n) is 17.3. The molecule has 0 spiro atoms. The molecule has 51 heavy (non-hydrogen) atoms. The summed E-state index contributed by atoms with van der Waals surface area (Å²) >= 11 is 0. The molecule has 0 aliphatic heterocycles. The van der Waals surface area contributed by atoms with Gasteiger partial charge in [0.15, 0.2) is 0 Å². The first kappa shape index (κ1) is 29.1. The number of furan rings is 2. The number of hydrogen-bond acceptors (Lipinski definition) is 3. The van der Waals surface area contributed by atoms with Crippen molar-refractivity contribution in [3.63, 3.8) is 0 Å². The Morgan fingerprint density at radius 2 is 0.824 bits per heavy atom. The molecule has 3 heteroatoms. The van der Waals surface area contributed by atoms with Gasteiger partial charge in [-0.1, -0.05) is 133 Å². The van der Waals surface area contributed by atoms with Crippen LogP contribution < -0.4 is 4.90 Å². The molecule has 0 aliphatic carbocycles. The predicted molar refractivity (Wildman–Crippen MR) is 212 cm³/mol. The summed E-state index contributed by atoms with van der Waals surface area (Å²) in [6.45, 7) is 0. The lowest BCUT2D eigenvalue weighted by Gasteiger charge is -2.27. The first-order chi connectivity index (χ1) is 25.3. The van der Waals surface area contributed by atoms with Crippen molar-refractivity contribution in [2.45, 2.75) is 0 Å². The minimum absolute atomic E-state index is 0.859. The van der Waals surface area contributed by atoms with Gasteiger partial charge in [0.25, 0.3) is 0 Å². The maximum Gasteiger partial charge on any atom is 0.137 e. The highest BCUT2D eigenvalue weighted by atomic mass is 16.3. The number of nitrogens with zero attached hydrogens (tertiary/aromatic N) is 1. The van der Waals surface area contributed by atoms with Crippen LogP contribution in [0.2, 0.25) is 0 Å². The summed E-state index contributed by atoms with van der Waals surface area (Å²) in [5.41, 5.74) is 13.7. The molecule has 0 atom stereocenters. The Labute approximate surface area is 295 Å². The number of benzene rings is 8. The van der Waals surface area contributed by atoms with E-state index in [0.717, 1.165) is 72.1 Å². The average Bonchev–Trinajstić information content (AvgIpc) is 3.78. The summed E-state index contributed by atoms with van der Waals surface area (Å²) in [4.78, 5) is 2.36. The van der Waals surface area contributed by atoms with Crippen LogP contribution in [-0.2, 0) is 0 Å². The molecule has 0 radical (unpaired) electrons. The lowest BCUT2D eigenvalue weighted by molar-refractivity contribution is 0.668. The fourth-order valence-corrected chi connectivity index (χ4v) is 7.57. The van der Waals surface area contributed by atoms with Gasteiger partial charge >= 0.3 is 0 Å². The molecule has 10 rings (SSSR count). The second-order valence-electron chi connectivity index (χ2n) is 12.9. The fraction of sp³-hybridized carbons (Fsp3) is 0. The largest absolute Gasteiger partial charge is 0.456 e. The standard InChI is InChI=1S/C48H31NO2/c1-3-13-32(14-4-1)37-30-29-36(31-41(37)33-15-5-2-6-16-33)49(42-20-12-24-46-48(42)40-18-8-10-22-44(40)51-46)35-27-25-34(26-28-35)38-19-11-23-45-47(38)39-17-7-9-21-43(39)50-45/h1-31H. The van der Waals surface area contributed by atoms with E-state index in [9.17, 15) is 0 Å². The minimum Gasteiger partial charge on any atom is -0.456 e. The molecule has 0 saturated carbocycles. The quantitative estimate of drug-likeness (QED) is 0.179. The second kappa shape index (κ2) is 11.9. The topological polar surface area (TPSA) is 29.5 Å². The summed E-state index contributed by atoms with van der Waals surface area (Å²) in [6, 6.07) is 66.2. The highest BCUT2D eigenvalue weighted by molar-refractivity contribution is 6.14. The summed E-state index contributed by atoms with van der Waals surface area (Å²) in [5, 5.41) is 4.43. The molecule has 10 aromatic rings. The van der Waals surface area contributed by atoms with Crippen LogP contribution in [0.15, 0.2) is 197 Å². The van der Waals surface area contributed by atoms with Gasteiger partial charge in [0.05, 0.1) is 11.1 Å². The van der Waals surface area contributed by atoms with Gasteiger partial charge in [-0.2, -0.15) is 0 Å². The van der Waals surface area contributed by atoms with E-state index in [4.69, 9.17) is 8.83 Å². The van der Waals surface area contributed by atoms with Crippen molar-refractivity contribution in [1.29, 1.82) is 0 Å². The van der Waals surface area contributed by atoms with Crippen LogP contribution in [0, 0.1) is 0 Å². The Bertz CT molecular complexity index is 2850. The third-order valence-electron chi connectivity index (χ3n) is 9.89. The van der Waals surface area contributed by atoms with Crippen molar-refractivity contribution in [3.05, 3.63) is 188 Å². The third-order valence-corrected chi connectivity index (χ3v) is 9.89. The number of para-hydroxylation sites is 2. The lowest BCUT2D eigenvalue weighted by atomic mass is 9.93. The van der Waals surface area contributed by atoms with Crippen LogP contribution in [0.1, 0.15) is 0 Å². The minimum atomic E-state index is 0.859. The van der Waals surface area contributed by atoms with Gasteiger partial charge in [0.2, 0.25) is 0 Å². The Balaban J connectivity index is 1.19. The Morgan fingerprint density at radius 1 is 0.314 bits per heavy atom. The van der Waals surface area contributed by atoms with Gasteiger partial charge in [0, 0.05) is 27.5 Å².